The molecular weight excluding hydrogens is 170 g/mol. The number of carboxylic acid groups (broad SMARTS) is 1. The maximum absolute atomic E-state index is 10.5. The maximum Gasteiger partial charge on any atom is 0.391 e. The van der Waals surface area contributed by atoms with E-state index in [1.165, 1.54) is 25.7 Å². The van der Waals surface area contributed by atoms with Gasteiger partial charge in [-0.25, -0.2) is 9.79 Å². The fourth-order valence-corrected chi connectivity index (χ4v) is 2.09. The predicted octanol–water partition coefficient (Wildman–Crippen LogP) is 1.06. The van der Waals surface area contributed by atoms with Crippen LogP contribution in [0.2, 0.25) is 0 Å². The van der Waals surface area contributed by atoms with Crippen LogP contribution < -0.4 is 0 Å². The second-order valence-corrected chi connectivity index (χ2v) is 3.66. The molecule has 1 N–H and O–H groups in total. The van der Waals surface area contributed by atoms with Gasteiger partial charge < -0.3 is 9.84 Å². The summed E-state index contributed by atoms with van der Waals surface area (Å²) in [5, 5.41) is 8.62. The van der Waals surface area contributed by atoms with Crippen molar-refractivity contribution in [2.75, 3.05) is 6.61 Å². The summed E-state index contributed by atoms with van der Waals surface area (Å²) in [5.41, 5.74) is 0. The van der Waals surface area contributed by atoms with Crippen LogP contribution in [0.1, 0.15) is 25.7 Å². The van der Waals surface area contributed by atoms with Crippen molar-refractivity contribution in [1.82, 2.24) is 0 Å². The monoisotopic (exact) mass is 183 g/mol. The summed E-state index contributed by atoms with van der Waals surface area (Å²) in [6.45, 7) is 0.465. The van der Waals surface area contributed by atoms with E-state index in [0.29, 0.717) is 12.5 Å². The van der Waals surface area contributed by atoms with E-state index < -0.39 is 5.97 Å². The molecule has 4 nitrogen and oxygen atoms in total. The zero-order valence-electron chi connectivity index (χ0n) is 7.40. The summed E-state index contributed by atoms with van der Waals surface area (Å²) in [5.74, 6) is -0.589. The Morgan fingerprint density at radius 1 is 1.46 bits per heavy atom. The quantitative estimate of drug-likeness (QED) is 0.696. The van der Waals surface area contributed by atoms with Crippen LogP contribution in [0.15, 0.2) is 4.99 Å². The van der Waals surface area contributed by atoms with E-state index in [4.69, 9.17) is 9.84 Å². The van der Waals surface area contributed by atoms with E-state index in [9.17, 15) is 4.79 Å². The fourth-order valence-electron chi connectivity index (χ4n) is 2.09. The highest BCUT2D eigenvalue weighted by Gasteiger charge is 2.31. The Kier molecular flexibility index (Phi) is 2.20. The second kappa shape index (κ2) is 3.36. The topological polar surface area (TPSA) is 58.9 Å². The molecule has 1 atom stereocenters. The van der Waals surface area contributed by atoms with Gasteiger partial charge in [-0.1, -0.05) is 12.8 Å². The summed E-state index contributed by atoms with van der Waals surface area (Å²) in [6, 6.07) is 0.105. The van der Waals surface area contributed by atoms with Gasteiger partial charge in [0.05, 0.1) is 6.04 Å². The Morgan fingerprint density at radius 3 is 2.69 bits per heavy atom. The van der Waals surface area contributed by atoms with Gasteiger partial charge >= 0.3 is 5.97 Å². The molecule has 1 aliphatic carbocycles. The third kappa shape index (κ3) is 1.66. The Hall–Kier alpha value is -1.06. The zero-order chi connectivity index (χ0) is 9.26. The molecule has 1 saturated carbocycles. The van der Waals surface area contributed by atoms with Crippen molar-refractivity contribution in [2.24, 2.45) is 10.9 Å². The Labute approximate surface area is 76.6 Å². The average Bonchev–Trinajstić information content (AvgIpc) is 2.75. The molecule has 2 rings (SSSR count). The number of aliphatic carboxylic acids is 1. The lowest BCUT2D eigenvalue weighted by molar-refractivity contribution is -0.130. The minimum atomic E-state index is -1.04. The van der Waals surface area contributed by atoms with Crippen LogP contribution in [0.4, 0.5) is 0 Å². The minimum Gasteiger partial charge on any atom is -0.474 e. The number of hydrogen-bond acceptors (Lipinski definition) is 3. The lowest BCUT2D eigenvalue weighted by Gasteiger charge is -2.11. The van der Waals surface area contributed by atoms with Gasteiger partial charge in [-0.15, -0.1) is 0 Å². The predicted molar refractivity (Wildman–Crippen MR) is 46.8 cm³/mol. The summed E-state index contributed by atoms with van der Waals surface area (Å²) in [7, 11) is 0. The highest BCUT2D eigenvalue weighted by molar-refractivity contribution is 6.32. The SMILES string of the molecule is O=C(O)C1=NC(C2CCCC2)CO1. The van der Waals surface area contributed by atoms with Gasteiger partial charge in [0.2, 0.25) is 0 Å². The van der Waals surface area contributed by atoms with Gasteiger partial charge in [0.15, 0.2) is 0 Å². The van der Waals surface area contributed by atoms with Gasteiger partial charge in [-0.05, 0) is 18.8 Å². The van der Waals surface area contributed by atoms with E-state index >= 15 is 0 Å². The van der Waals surface area contributed by atoms with Crippen LogP contribution in [0.3, 0.4) is 0 Å². The normalized spacial score (nSPS) is 28.6. The van der Waals surface area contributed by atoms with Crippen molar-refractivity contribution in [2.45, 2.75) is 31.7 Å². The largest absolute Gasteiger partial charge is 0.474 e. The third-order valence-corrected chi connectivity index (χ3v) is 2.80. The average molecular weight is 183 g/mol. The first-order chi connectivity index (χ1) is 6.27. The van der Waals surface area contributed by atoms with Gasteiger partial charge in [-0.3, -0.25) is 0 Å². The van der Waals surface area contributed by atoms with Crippen LogP contribution >= 0.6 is 0 Å². The molecule has 13 heavy (non-hydrogen) atoms. The van der Waals surface area contributed by atoms with Gasteiger partial charge in [-0.2, -0.15) is 0 Å². The third-order valence-electron chi connectivity index (χ3n) is 2.80. The summed E-state index contributed by atoms with van der Waals surface area (Å²) >= 11 is 0. The summed E-state index contributed by atoms with van der Waals surface area (Å²) < 4.78 is 4.99. The molecule has 1 heterocycles. The van der Waals surface area contributed by atoms with Crippen molar-refractivity contribution in [1.29, 1.82) is 0 Å². The van der Waals surface area contributed by atoms with Crippen molar-refractivity contribution in [3.63, 3.8) is 0 Å². The zero-order valence-corrected chi connectivity index (χ0v) is 7.40. The maximum atomic E-state index is 10.5. The van der Waals surface area contributed by atoms with Crippen molar-refractivity contribution < 1.29 is 14.6 Å². The molecule has 0 spiro atoms. The van der Waals surface area contributed by atoms with E-state index in [1.54, 1.807) is 0 Å². The van der Waals surface area contributed by atoms with Crippen LogP contribution in [0.5, 0.6) is 0 Å². The van der Waals surface area contributed by atoms with Crippen molar-refractivity contribution >= 4 is 11.9 Å². The molecule has 0 aromatic rings. The van der Waals surface area contributed by atoms with Crippen molar-refractivity contribution in [3.05, 3.63) is 0 Å². The molecule has 0 aromatic carbocycles. The molecule has 0 aromatic heterocycles. The second-order valence-electron chi connectivity index (χ2n) is 3.66. The molecular formula is C9H13NO3. The van der Waals surface area contributed by atoms with Gasteiger partial charge in [0, 0.05) is 0 Å². The highest BCUT2D eigenvalue weighted by atomic mass is 16.5. The molecule has 72 valence electrons. The molecule has 0 amide bonds. The van der Waals surface area contributed by atoms with Crippen LogP contribution in [0, 0.1) is 5.92 Å². The molecule has 1 unspecified atom stereocenters. The van der Waals surface area contributed by atoms with E-state index in [1.807, 2.05) is 0 Å². The number of rotatable bonds is 2. The first kappa shape index (κ1) is 8.53. The molecule has 0 bridgehead atoms. The molecule has 2 aliphatic rings. The number of hydrogen-bond donors (Lipinski definition) is 1. The standard InChI is InChI=1S/C9H13NO3/c11-9(12)8-10-7(5-13-8)6-3-1-2-4-6/h6-7H,1-5H2,(H,11,12). The minimum absolute atomic E-state index is 0.100. The highest BCUT2D eigenvalue weighted by Crippen LogP contribution is 2.31. The first-order valence-corrected chi connectivity index (χ1v) is 4.71. The lowest BCUT2D eigenvalue weighted by atomic mass is 10.00. The fraction of sp³-hybridized carbons (Fsp3) is 0.778. The van der Waals surface area contributed by atoms with Gasteiger partial charge in [0.1, 0.15) is 6.61 Å². The summed E-state index contributed by atoms with van der Waals surface area (Å²) in [6.07, 6.45) is 4.84. The number of carbonyl (C=O) groups is 1. The Bertz CT molecular complexity index is 243. The number of aliphatic imine (C=N–C) groups is 1. The van der Waals surface area contributed by atoms with Crippen LogP contribution in [-0.4, -0.2) is 29.6 Å². The molecule has 1 fully saturated rings. The van der Waals surface area contributed by atoms with E-state index in [2.05, 4.69) is 4.99 Å². The molecule has 0 saturated heterocycles. The Morgan fingerprint density at radius 2 is 2.15 bits per heavy atom. The molecule has 4 heteroatoms. The molecule has 1 aliphatic heterocycles. The van der Waals surface area contributed by atoms with Crippen molar-refractivity contribution in [3.8, 4) is 0 Å². The number of ether oxygens (including phenoxy) is 1. The lowest BCUT2D eigenvalue weighted by Crippen LogP contribution is -2.16. The Balaban J connectivity index is 1.99. The van der Waals surface area contributed by atoms with E-state index in [-0.39, 0.29) is 11.9 Å². The first-order valence-electron chi connectivity index (χ1n) is 4.71. The summed E-state index contributed by atoms with van der Waals surface area (Å²) in [4.78, 5) is 14.6. The molecule has 0 radical (unpaired) electrons. The number of carboxylic acids is 1. The van der Waals surface area contributed by atoms with E-state index in [0.717, 1.165) is 0 Å². The smallest absolute Gasteiger partial charge is 0.391 e. The van der Waals surface area contributed by atoms with Gasteiger partial charge in [0.25, 0.3) is 5.90 Å². The number of nitrogens with zero attached hydrogens (tertiary/aromatic N) is 1. The van der Waals surface area contributed by atoms with Crippen LogP contribution in [0.25, 0.3) is 0 Å². The van der Waals surface area contributed by atoms with Crippen LogP contribution in [-0.2, 0) is 9.53 Å².